The van der Waals surface area contributed by atoms with E-state index in [-0.39, 0.29) is 6.61 Å². The predicted octanol–water partition coefficient (Wildman–Crippen LogP) is 0.0879. The normalized spacial score (nSPS) is 19.4. The van der Waals surface area contributed by atoms with Crippen molar-refractivity contribution in [1.29, 1.82) is 0 Å². The van der Waals surface area contributed by atoms with Crippen molar-refractivity contribution in [2.75, 3.05) is 26.4 Å². The Balaban J connectivity index is 2.31. The van der Waals surface area contributed by atoms with Crippen LogP contribution < -0.4 is 0 Å². The van der Waals surface area contributed by atoms with Gasteiger partial charge in [-0.15, -0.1) is 0 Å². The van der Waals surface area contributed by atoms with E-state index in [1.165, 1.54) is 0 Å². The van der Waals surface area contributed by atoms with Crippen molar-refractivity contribution >= 4 is 0 Å². The maximum absolute atomic E-state index is 8.77. The second-order valence-electron chi connectivity index (χ2n) is 3.25. The lowest BCUT2D eigenvalue weighted by Crippen LogP contribution is -2.52. The molecule has 0 aromatic heterocycles. The summed E-state index contributed by atoms with van der Waals surface area (Å²) in [5.74, 6) is 0. The third-order valence-electron chi connectivity index (χ3n) is 2.11. The molecule has 1 aliphatic heterocycles. The number of ether oxygens (including phenoxy) is 1. The lowest BCUT2D eigenvalue weighted by Gasteiger charge is -2.39. The first kappa shape index (κ1) is 8.97. The zero-order valence-electron chi connectivity index (χ0n) is 7.29. The molecule has 1 N–H and O–H groups in total. The first-order valence-electron chi connectivity index (χ1n) is 4.20. The van der Waals surface area contributed by atoms with Crippen molar-refractivity contribution < 1.29 is 9.84 Å². The number of hydrogen-bond donors (Lipinski definition) is 1. The van der Waals surface area contributed by atoms with Crippen LogP contribution in [0.1, 0.15) is 13.8 Å². The molecule has 3 nitrogen and oxygen atoms in total. The lowest BCUT2D eigenvalue weighted by atomic mass is 10.1. The molecule has 1 fully saturated rings. The first-order chi connectivity index (χ1) is 5.25. The van der Waals surface area contributed by atoms with Crippen LogP contribution in [0, 0.1) is 0 Å². The van der Waals surface area contributed by atoms with Crippen LogP contribution in [0.4, 0.5) is 0 Å². The van der Waals surface area contributed by atoms with Gasteiger partial charge in [0.05, 0.1) is 25.9 Å². The fourth-order valence-electron chi connectivity index (χ4n) is 1.39. The van der Waals surface area contributed by atoms with Crippen LogP contribution in [0.25, 0.3) is 0 Å². The third kappa shape index (κ3) is 2.15. The SMILES string of the molecule is CC(C)N(CCO)C1COC1. The van der Waals surface area contributed by atoms with Gasteiger partial charge < -0.3 is 9.84 Å². The van der Waals surface area contributed by atoms with Gasteiger partial charge >= 0.3 is 0 Å². The van der Waals surface area contributed by atoms with Gasteiger partial charge in [-0.3, -0.25) is 4.90 Å². The molecule has 0 aromatic rings. The molecule has 1 rings (SSSR count). The van der Waals surface area contributed by atoms with Crippen molar-refractivity contribution in [3.63, 3.8) is 0 Å². The molecule has 0 amide bonds. The lowest BCUT2D eigenvalue weighted by molar-refractivity contribution is -0.0784. The van der Waals surface area contributed by atoms with Crippen molar-refractivity contribution in [2.24, 2.45) is 0 Å². The highest BCUT2D eigenvalue weighted by molar-refractivity contribution is 4.79. The quantitative estimate of drug-likeness (QED) is 0.631. The fourth-order valence-corrected chi connectivity index (χ4v) is 1.39. The molecular formula is C8H17NO2. The largest absolute Gasteiger partial charge is 0.395 e. The number of rotatable bonds is 4. The highest BCUT2D eigenvalue weighted by Crippen LogP contribution is 2.12. The molecular weight excluding hydrogens is 142 g/mol. The molecule has 0 saturated carbocycles. The van der Waals surface area contributed by atoms with Gasteiger partial charge in [-0.2, -0.15) is 0 Å². The van der Waals surface area contributed by atoms with Crippen LogP contribution in [-0.2, 0) is 4.74 Å². The molecule has 11 heavy (non-hydrogen) atoms. The summed E-state index contributed by atoms with van der Waals surface area (Å²) < 4.78 is 5.09. The average molecular weight is 159 g/mol. The second-order valence-corrected chi connectivity index (χ2v) is 3.25. The van der Waals surface area contributed by atoms with Crippen LogP contribution in [0.3, 0.4) is 0 Å². The van der Waals surface area contributed by atoms with Gasteiger partial charge in [0.25, 0.3) is 0 Å². The molecule has 0 atom stereocenters. The van der Waals surface area contributed by atoms with E-state index in [0.717, 1.165) is 19.8 Å². The standard InChI is InChI=1S/C8H17NO2/c1-7(2)9(3-4-10)8-5-11-6-8/h7-8,10H,3-6H2,1-2H3. The molecule has 0 bridgehead atoms. The minimum atomic E-state index is 0.245. The van der Waals surface area contributed by atoms with Gasteiger partial charge in [-0.1, -0.05) is 0 Å². The van der Waals surface area contributed by atoms with E-state index in [1.807, 2.05) is 0 Å². The summed E-state index contributed by atoms with van der Waals surface area (Å²) in [7, 11) is 0. The first-order valence-corrected chi connectivity index (χ1v) is 4.20. The smallest absolute Gasteiger partial charge is 0.0645 e. The maximum atomic E-state index is 8.77. The summed E-state index contributed by atoms with van der Waals surface area (Å²) in [6, 6.07) is 1.05. The van der Waals surface area contributed by atoms with E-state index in [4.69, 9.17) is 9.84 Å². The zero-order chi connectivity index (χ0) is 8.27. The Morgan fingerprint density at radius 3 is 2.45 bits per heavy atom. The van der Waals surface area contributed by atoms with Crippen LogP contribution in [-0.4, -0.2) is 48.5 Å². The van der Waals surface area contributed by atoms with Crippen molar-refractivity contribution in [3.8, 4) is 0 Å². The molecule has 1 saturated heterocycles. The maximum Gasteiger partial charge on any atom is 0.0645 e. The van der Waals surface area contributed by atoms with Gasteiger partial charge in [0, 0.05) is 12.6 Å². The van der Waals surface area contributed by atoms with Crippen molar-refractivity contribution in [3.05, 3.63) is 0 Å². The molecule has 0 radical (unpaired) electrons. The fraction of sp³-hybridized carbons (Fsp3) is 1.00. The van der Waals surface area contributed by atoms with Gasteiger partial charge in [0.2, 0.25) is 0 Å². The van der Waals surface area contributed by atoms with Gasteiger partial charge in [-0.25, -0.2) is 0 Å². The summed E-state index contributed by atoms with van der Waals surface area (Å²) in [5, 5.41) is 8.77. The molecule has 0 spiro atoms. The Hall–Kier alpha value is -0.120. The Bertz CT molecular complexity index is 113. The summed E-state index contributed by atoms with van der Waals surface area (Å²) in [6.07, 6.45) is 0. The van der Waals surface area contributed by atoms with E-state index in [1.54, 1.807) is 0 Å². The van der Waals surface area contributed by atoms with E-state index >= 15 is 0 Å². The molecule has 0 aromatic carbocycles. The predicted molar refractivity (Wildman–Crippen MR) is 43.5 cm³/mol. The van der Waals surface area contributed by atoms with E-state index in [9.17, 15) is 0 Å². The summed E-state index contributed by atoms with van der Waals surface area (Å²) in [6.45, 7) is 6.97. The Kier molecular flexibility index (Phi) is 3.30. The Morgan fingerprint density at radius 2 is 2.18 bits per heavy atom. The minimum Gasteiger partial charge on any atom is -0.395 e. The van der Waals surface area contributed by atoms with Gasteiger partial charge in [-0.05, 0) is 13.8 Å². The number of aliphatic hydroxyl groups is 1. The molecule has 0 aliphatic carbocycles. The van der Waals surface area contributed by atoms with Gasteiger partial charge in [0.1, 0.15) is 0 Å². The van der Waals surface area contributed by atoms with Crippen LogP contribution in [0.2, 0.25) is 0 Å². The summed E-state index contributed by atoms with van der Waals surface area (Å²) in [4.78, 5) is 2.28. The van der Waals surface area contributed by atoms with Crippen molar-refractivity contribution in [1.82, 2.24) is 4.90 Å². The molecule has 1 heterocycles. The number of hydrogen-bond acceptors (Lipinski definition) is 3. The number of aliphatic hydroxyl groups excluding tert-OH is 1. The highest BCUT2D eigenvalue weighted by Gasteiger charge is 2.26. The highest BCUT2D eigenvalue weighted by atomic mass is 16.5. The van der Waals surface area contributed by atoms with Crippen LogP contribution in [0.5, 0.6) is 0 Å². The second kappa shape index (κ2) is 4.04. The molecule has 66 valence electrons. The third-order valence-corrected chi connectivity index (χ3v) is 2.11. The van der Waals surface area contributed by atoms with Crippen LogP contribution in [0.15, 0.2) is 0 Å². The minimum absolute atomic E-state index is 0.245. The Labute approximate surface area is 68.0 Å². The number of nitrogens with zero attached hydrogens (tertiary/aromatic N) is 1. The van der Waals surface area contributed by atoms with E-state index in [2.05, 4.69) is 18.7 Å². The molecule has 0 unspecified atom stereocenters. The van der Waals surface area contributed by atoms with Crippen LogP contribution >= 0.6 is 0 Å². The average Bonchev–Trinajstić information content (AvgIpc) is 1.82. The summed E-state index contributed by atoms with van der Waals surface area (Å²) in [5.41, 5.74) is 0. The van der Waals surface area contributed by atoms with Gasteiger partial charge in [0.15, 0.2) is 0 Å². The van der Waals surface area contributed by atoms with E-state index in [0.29, 0.717) is 12.1 Å². The summed E-state index contributed by atoms with van der Waals surface area (Å²) >= 11 is 0. The topological polar surface area (TPSA) is 32.7 Å². The monoisotopic (exact) mass is 159 g/mol. The molecule has 1 aliphatic rings. The van der Waals surface area contributed by atoms with E-state index < -0.39 is 0 Å². The van der Waals surface area contributed by atoms with Crippen molar-refractivity contribution in [2.45, 2.75) is 25.9 Å². The molecule has 3 heteroatoms. The Morgan fingerprint density at radius 1 is 1.55 bits per heavy atom. The zero-order valence-corrected chi connectivity index (χ0v) is 7.29.